The van der Waals surface area contributed by atoms with E-state index < -0.39 is 0 Å². The van der Waals surface area contributed by atoms with E-state index in [-0.39, 0.29) is 17.7 Å². The van der Waals surface area contributed by atoms with Crippen molar-refractivity contribution in [3.05, 3.63) is 54.1 Å². The molecule has 3 rings (SSSR count). The van der Waals surface area contributed by atoms with Gasteiger partial charge in [-0.25, -0.2) is 9.97 Å². The van der Waals surface area contributed by atoms with Crippen LogP contribution in [0.3, 0.4) is 0 Å². The summed E-state index contributed by atoms with van der Waals surface area (Å²) in [4.78, 5) is 23.9. The monoisotopic (exact) mass is 351 g/mol. The van der Waals surface area contributed by atoms with E-state index in [0.717, 1.165) is 11.1 Å². The minimum Gasteiger partial charge on any atom is -0.493 e. The maximum Gasteiger partial charge on any atom is 0.238 e. The molecule has 2 heterocycles. The summed E-state index contributed by atoms with van der Waals surface area (Å²) in [6, 6.07) is 7.74. The lowest BCUT2D eigenvalue weighted by molar-refractivity contribution is -0.119. The highest BCUT2D eigenvalue weighted by Gasteiger charge is 2.19. The lowest BCUT2D eigenvalue weighted by Crippen LogP contribution is -2.18. The van der Waals surface area contributed by atoms with Gasteiger partial charge in [0.05, 0.1) is 5.69 Å². The lowest BCUT2D eigenvalue weighted by atomic mass is 9.97. The van der Waals surface area contributed by atoms with Crippen LogP contribution in [0.5, 0.6) is 5.88 Å². The summed E-state index contributed by atoms with van der Waals surface area (Å²) in [5.74, 6) is 0.320. The highest BCUT2D eigenvalue weighted by atomic mass is 16.3. The van der Waals surface area contributed by atoms with Crippen molar-refractivity contribution >= 4 is 5.91 Å². The highest BCUT2D eigenvalue weighted by molar-refractivity contribution is 5.73. The first-order valence-corrected chi connectivity index (χ1v) is 8.38. The van der Waals surface area contributed by atoms with Gasteiger partial charge in [0, 0.05) is 37.0 Å². The number of nitrogens with one attached hydrogen (secondary N) is 1. The summed E-state index contributed by atoms with van der Waals surface area (Å²) in [5, 5.41) is 13.2. The number of hydrogen-bond donors (Lipinski definition) is 2. The summed E-state index contributed by atoms with van der Waals surface area (Å²) in [7, 11) is 0. The molecule has 0 saturated carbocycles. The molecule has 0 spiro atoms. The fraction of sp³-hybridized carbons (Fsp3) is 0.263. The summed E-state index contributed by atoms with van der Waals surface area (Å²) < 4.78 is 1.65. The number of hydrogen-bond acceptors (Lipinski definition) is 5. The average Bonchev–Trinajstić information content (AvgIpc) is 3.14. The van der Waals surface area contributed by atoms with Gasteiger partial charge in [-0.3, -0.25) is 9.36 Å². The van der Waals surface area contributed by atoms with Crippen LogP contribution in [0.1, 0.15) is 37.8 Å². The van der Waals surface area contributed by atoms with E-state index in [1.165, 1.54) is 6.92 Å². The number of nitrogens with zero attached hydrogens (tertiary/aromatic N) is 4. The third kappa shape index (κ3) is 3.72. The molecule has 0 saturated heterocycles. The molecule has 0 atom stereocenters. The first-order chi connectivity index (χ1) is 12.5. The number of amides is 1. The van der Waals surface area contributed by atoms with E-state index in [1.807, 2.05) is 38.1 Å². The van der Waals surface area contributed by atoms with Gasteiger partial charge < -0.3 is 10.4 Å². The molecule has 7 heteroatoms. The molecule has 1 aromatic carbocycles. The number of carbonyl (C=O) groups excluding carboxylic acids is 1. The molecular weight excluding hydrogens is 330 g/mol. The van der Waals surface area contributed by atoms with Gasteiger partial charge in [-0.2, -0.15) is 4.98 Å². The Morgan fingerprint density at radius 3 is 2.54 bits per heavy atom. The second kappa shape index (κ2) is 7.35. The van der Waals surface area contributed by atoms with Crippen LogP contribution in [0, 0.1) is 0 Å². The minimum atomic E-state index is -0.0677. The van der Waals surface area contributed by atoms with Crippen molar-refractivity contribution in [1.82, 2.24) is 24.8 Å². The first kappa shape index (κ1) is 17.6. The third-order valence-electron chi connectivity index (χ3n) is 4.00. The van der Waals surface area contributed by atoms with E-state index in [9.17, 15) is 9.90 Å². The number of aromatic nitrogens is 4. The van der Waals surface area contributed by atoms with Crippen LogP contribution in [0.4, 0.5) is 0 Å². The quantitative estimate of drug-likeness (QED) is 0.737. The molecule has 1 amide bonds. The molecule has 7 nitrogen and oxygen atoms in total. The van der Waals surface area contributed by atoms with Gasteiger partial charge in [-0.15, -0.1) is 0 Å². The second-order valence-corrected chi connectivity index (χ2v) is 6.34. The molecule has 134 valence electrons. The van der Waals surface area contributed by atoms with E-state index >= 15 is 0 Å². The molecule has 0 bridgehead atoms. The van der Waals surface area contributed by atoms with Crippen molar-refractivity contribution in [2.24, 2.45) is 0 Å². The standard InChI is InChI=1S/C19H21N5O2/c1-12(2)16-17(15-6-4-14(5-7-15)10-21-13(3)25)22-19(23-18(16)26)24-9-8-20-11-24/h4-9,11-12H,10H2,1-3H3,(H,21,25)(H,22,23,26). The normalized spacial score (nSPS) is 10.9. The molecule has 0 aliphatic carbocycles. The van der Waals surface area contributed by atoms with E-state index in [2.05, 4.69) is 20.3 Å². The van der Waals surface area contributed by atoms with Crippen LogP contribution in [0.2, 0.25) is 0 Å². The first-order valence-electron chi connectivity index (χ1n) is 8.38. The van der Waals surface area contributed by atoms with Crippen LogP contribution in [-0.4, -0.2) is 30.5 Å². The average molecular weight is 351 g/mol. The van der Waals surface area contributed by atoms with Gasteiger partial charge in [0.15, 0.2) is 0 Å². The summed E-state index contributed by atoms with van der Waals surface area (Å²) in [6.45, 7) is 5.94. The Bertz CT molecular complexity index is 902. The van der Waals surface area contributed by atoms with Gasteiger partial charge >= 0.3 is 0 Å². The Morgan fingerprint density at radius 1 is 1.23 bits per heavy atom. The molecule has 0 radical (unpaired) electrons. The number of carbonyl (C=O) groups is 1. The van der Waals surface area contributed by atoms with E-state index in [0.29, 0.717) is 23.8 Å². The zero-order valence-corrected chi connectivity index (χ0v) is 15.0. The topological polar surface area (TPSA) is 92.9 Å². The van der Waals surface area contributed by atoms with Crippen molar-refractivity contribution in [1.29, 1.82) is 0 Å². The van der Waals surface area contributed by atoms with Crippen molar-refractivity contribution in [3.8, 4) is 23.1 Å². The van der Waals surface area contributed by atoms with Crippen molar-refractivity contribution in [2.75, 3.05) is 0 Å². The summed E-state index contributed by atoms with van der Waals surface area (Å²) in [5.41, 5.74) is 3.24. The highest BCUT2D eigenvalue weighted by Crippen LogP contribution is 2.33. The molecule has 0 aliphatic rings. The van der Waals surface area contributed by atoms with E-state index in [4.69, 9.17) is 0 Å². The molecule has 0 aliphatic heterocycles. The smallest absolute Gasteiger partial charge is 0.238 e. The fourth-order valence-electron chi connectivity index (χ4n) is 2.70. The van der Waals surface area contributed by atoms with Gasteiger partial charge in [-0.1, -0.05) is 38.1 Å². The maximum atomic E-state index is 11.0. The predicted octanol–water partition coefficient (Wildman–Crippen LogP) is 2.79. The van der Waals surface area contributed by atoms with Crippen LogP contribution >= 0.6 is 0 Å². The van der Waals surface area contributed by atoms with Gasteiger partial charge in [0.1, 0.15) is 6.33 Å². The Kier molecular flexibility index (Phi) is 4.97. The number of imidazole rings is 1. The molecule has 3 aromatic rings. The van der Waals surface area contributed by atoms with Crippen LogP contribution in [0.15, 0.2) is 43.0 Å². The van der Waals surface area contributed by atoms with Crippen LogP contribution < -0.4 is 5.32 Å². The summed E-state index contributed by atoms with van der Waals surface area (Å²) >= 11 is 0. The molecule has 2 N–H and O–H groups in total. The molecule has 0 fully saturated rings. The van der Waals surface area contributed by atoms with E-state index in [1.54, 1.807) is 23.3 Å². The minimum absolute atomic E-state index is 0.0315. The maximum absolute atomic E-state index is 11.0. The Morgan fingerprint density at radius 2 is 1.96 bits per heavy atom. The third-order valence-corrected chi connectivity index (χ3v) is 4.00. The number of aromatic hydroxyl groups is 1. The van der Waals surface area contributed by atoms with Crippen molar-refractivity contribution < 1.29 is 9.90 Å². The fourth-order valence-corrected chi connectivity index (χ4v) is 2.70. The number of rotatable bonds is 5. The zero-order valence-electron chi connectivity index (χ0n) is 15.0. The molecule has 2 aromatic heterocycles. The van der Waals surface area contributed by atoms with Crippen molar-refractivity contribution in [3.63, 3.8) is 0 Å². The van der Waals surface area contributed by atoms with Crippen LogP contribution in [-0.2, 0) is 11.3 Å². The Balaban J connectivity index is 2.03. The molecule has 26 heavy (non-hydrogen) atoms. The van der Waals surface area contributed by atoms with Crippen molar-refractivity contribution in [2.45, 2.75) is 33.2 Å². The summed E-state index contributed by atoms with van der Waals surface area (Å²) in [6.07, 6.45) is 4.95. The Hall–Kier alpha value is -3.22. The van der Waals surface area contributed by atoms with Gasteiger partial charge in [-0.05, 0) is 11.5 Å². The molecular formula is C19H21N5O2. The number of benzene rings is 1. The largest absolute Gasteiger partial charge is 0.493 e. The second-order valence-electron chi connectivity index (χ2n) is 6.34. The lowest BCUT2D eigenvalue weighted by Gasteiger charge is -2.15. The Labute approximate surface area is 151 Å². The SMILES string of the molecule is CC(=O)NCc1ccc(-c2nc(-n3ccnc3)nc(O)c2C(C)C)cc1. The predicted molar refractivity (Wildman–Crippen MR) is 97.9 cm³/mol. The van der Waals surface area contributed by atoms with Crippen LogP contribution in [0.25, 0.3) is 17.2 Å². The molecule has 0 unspecified atom stereocenters. The van der Waals surface area contributed by atoms with Gasteiger partial charge in [0.2, 0.25) is 17.7 Å². The zero-order chi connectivity index (χ0) is 18.7. The van der Waals surface area contributed by atoms with Gasteiger partial charge in [0.25, 0.3) is 0 Å².